The van der Waals surface area contributed by atoms with Crippen LogP contribution in [-0.4, -0.2) is 23.9 Å². The Morgan fingerprint density at radius 3 is 2.45 bits per heavy atom. The van der Waals surface area contributed by atoms with Crippen LogP contribution in [0.15, 0.2) is 30.3 Å². The van der Waals surface area contributed by atoms with Gasteiger partial charge in [0.2, 0.25) is 0 Å². The minimum Gasteiger partial charge on any atom is -0.387 e. The molecule has 2 rings (SSSR count). The van der Waals surface area contributed by atoms with Crippen molar-refractivity contribution in [3.8, 4) is 0 Å². The summed E-state index contributed by atoms with van der Waals surface area (Å²) in [5.41, 5.74) is 0.722. The lowest BCUT2D eigenvalue weighted by molar-refractivity contribution is -0.189. The Labute approximate surface area is 117 Å². The van der Waals surface area contributed by atoms with Gasteiger partial charge in [-0.3, -0.25) is 0 Å². The highest BCUT2D eigenvalue weighted by molar-refractivity contribution is 5.17. The van der Waals surface area contributed by atoms with Gasteiger partial charge in [0.05, 0.1) is 12.0 Å². The molecule has 0 saturated heterocycles. The van der Waals surface area contributed by atoms with E-state index in [1.165, 1.54) is 0 Å². The summed E-state index contributed by atoms with van der Waals surface area (Å²) in [7, 11) is 0. The Morgan fingerprint density at radius 2 is 1.80 bits per heavy atom. The molecule has 0 bridgehead atoms. The van der Waals surface area contributed by atoms with E-state index in [1.807, 2.05) is 6.07 Å². The highest BCUT2D eigenvalue weighted by Crippen LogP contribution is 2.37. The molecule has 1 saturated carbocycles. The molecule has 2 nitrogen and oxygen atoms in total. The summed E-state index contributed by atoms with van der Waals surface area (Å²) in [6, 6.07) is 8.41. The molecular formula is C15H20F3NO. The predicted octanol–water partition coefficient (Wildman–Crippen LogP) is 3.43. The number of nitrogens with one attached hydrogen (secondary N) is 1. The second-order valence-corrected chi connectivity index (χ2v) is 5.37. The van der Waals surface area contributed by atoms with E-state index < -0.39 is 24.2 Å². The van der Waals surface area contributed by atoms with Gasteiger partial charge in [-0.1, -0.05) is 43.2 Å². The van der Waals surface area contributed by atoms with Crippen LogP contribution in [0.2, 0.25) is 0 Å². The van der Waals surface area contributed by atoms with Crippen LogP contribution < -0.4 is 5.32 Å². The van der Waals surface area contributed by atoms with E-state index in [9.17, 15) is 18.3 Å². The van der Waals surface area contributed by atoms with Crippen molar-refractivity contribution in [3.63, 3.8) is 0 Å². The van der Waals surface area contributed by atoms with Crippen LogP contribution in [-0.2, 0) is 0 Å². The lowest BCUT2D eigenvalue weighted by Crippen LogP contribution is -2.46. The van der Waals surface area contributed by atoms with Gasteiger partial charge in [-0.05, 0) is 18.4 Å². The molecule has 1 aromatic rings. The van der Waals surface area contributed by atoms with Gasteiger partial charge >= 0.3 is 6.18 Å². The molecule has 112 valence electrons. The maximum absolute atomic E-state index is 12.9. The van der Waals surface area contributed by atoms with Gasteiger partial charge in [0.25, 0.3) is 0 Å². The summed E-state index contributed by atoms with van der Waals surface area (Å²) < 4.78 is 38.8. The molecule has 0 aromatic heterocycles. The summed E-state index contributed by atoms with van der Waals surface area (Å²) >= 11 is 0. The molecule has 0 heterocycles. The predicted molar refractivity (Wildman–Crippen MR) is 71.2 cm³/mol. The van der Waals surface area contributed by atoms with Crippen molar-refractivity contribution in [2.45, 2.75) is 44.0 Å². The SMILES string of the molecule is OC(CNC1CCCCC1C(F)(F)F)c1ccccc1. The molecule has 0 spiro atoms. The summed E-state index contributed by atoms with van der Waals surface area (Å²) in [5.74, 6) is -1.29. The van der Waals surface area contributed by atoms with Crippen LogP contribution in [0.1, 0.15) is 37.4 Å². The number of alkyl halides is 3. The van der Waals surface area contributed by atoms with Crippen LogP contribution in [0.3, 0.4) is 0 Å². The van der Waals surface area contributed by atoms with Gasteiger partial charge in [-0.2, -0.15) is 13.2 Å². The monoisotopic (exact) mass is 287 g/mol. The summed E-state index contributed by atoms with van der Waals surface area (Å²) in [6.45, 7) is 0.154. The molecular weight excluding hydrogens is 267 g/mol. The highest BCUT2D eigenvalue weighted by atomic mass is 19.4. The molecule has 3 unspecified atom stereocenters. The van der Waals surface area contributed by atoms with Crippen molar-refractivity contribution in [3.05, 3.63) is 35.9 Å². The second kappa shape index (κ2) is 6.59. The maximum Gasteiger partial charge on any atom is 0.393 e. The fourth-order valence-electron chi connectivity index (χ4n) is 2.82. The lowest BCUT2D eigenvalue weighted by atomic mass is 9.84. The number of aliphatic hydroxyl groups excluding tert-OH is 1. The van der Waals surface area contributed by atoms with Gasteiger partial charge in [0.1, 0.15) is 0 Å². The van der Waals surface area contributed by atoms with E-state index in [0.29, 0.717) is 12.8 Å². The molecule has 1 aliphatic carbocycles. The first-order chi connectivity index (χ1) is 9.48. The van der Waals surface area contributed by atoms with E-state index in [4.69, 9.17) is 0 Å². The van der Waals surface area contributed by atoms with Crippen LogP contribution in [0, 0.1) is 5.92 Å². The molecule has 3 atom stereocenters. The van der Waals surface area contributed by atoms with Gasteiger partial charge in [0, 0.05) is 12.6 Å². The fourth-order valence-corrected chi connectivity index (χ4v) is 2.82. The third kappa shape index (κ3) is 3.96. The molecule has 1 aliphatic rings. The third-order valence-electron chi connectivity index (χ3n) is 3.94. The average molecular weight is 287 g/mol. The van der Waals surface area contributed by atoms with E-state index in [-0.39, 0.29) is 13.0 Å². The Balaban J connectivity index is 1.91. The third-order valence-corrected chi connectivity index (χ3v) is 3.94. The second-order valence-electron chi connectivity index (χ2n) is 5.37. The van der Waals surface area contributed by atoms with E-state index in [1.54, 1.807) is 24.3 Å². The number of hydrogen-bond acceptors (Lipinski definition) is 2. The van der Waals surface area contributed by atoms with Crippen molar-refractivity contribution in [2.75, 3.05) is 6.54 Å². The van der Waals surface area contributed by atoms with E-state index in [2.05, 4.69) is 5.32 Å². The normalized spacial score (nSPS) is 25.4. The quantitative estimate of drug-likeness (QED) is 0.889. The van der Waals surface area contributed by atoms with Crippen molar-refractivity contribution in [2.24, 2.45) is 5.92 Å². The number of aliphatic hydroxyl groups is 1. The fraction of sp³-hybridized carbons (Fsp3) is 0.600. The number of rotatable bonds is 4. The Kier molecular flexibility index (Phi) is 5.05. The first-order valence-electron chi connectivity index (χ1n) is 7.01. The van der Waals surface area contributed by atoms with Gasteiger partial charge in [0.15, 0.2) is 0 Å². The molecule has 20 heavy (non-hydrogen) atoms. The minimum absolute atomic E-state index is 0.154. The molecule has 0 aliphatic heterocycles. The topological polar surface area (TPSA) is 32.3 Å². The first kappa shape index (κ1) is 15.3. The zero-order valence-corrected chi connectivity index (χ0v) is 11.2. The van der Waals surface area contributed by atoms with Crippen molar-refractivity contribution >= 4 is 0 Å². The average Bonchev–Trinajstić information content (AvgIpc) is 2.45. The number of benzene rings is 1. The van der Waals surface area contributed by atoms with Crippen molar-refractivity contribution in [1.82, 2.24) is 5.32 Å². The minimum atomic E-state index is -4.16. The highest BCUT2D eigenvalue weighted by Gasteiger charge is 2.45. The molecule has 2 N–H and O–H groups in total. The summed E-state index contributed by atoms with van der Waals surface area (Å²) in [6.07, 6.45) is -2.79. The van der Waals surface area contributed by atoms with Crippen molar-refractivity contribution in [1.29, 1.82) is 0 Å². The van der Waals surface area contributed by atoms with Crippen LogP contribution >= 0.6 is 0 Å². The van der Waals surface area contributed by atoms with Crippen molar-refractivity contribution < 1.29 is 18.3 Å². The zero-order valence-electron chi connectivity index (χ0n) is 11.2. The summed E-state index contributed by atoms with van der Waals surface area (Å²) in [5, 5.41) is 12.9. The number of halogens is 3. The molecule has 0 amide bonds. The van der Waals surface area contributed by atoms with Gasteiger partial charge in [-0.15, -0.1) is 0 Å². The van der Waals surface area contributed by atoms with Gasteiger partial charge < -0.3 is 10.4 Å². The standard InChI is InChI=1S/C15H20F3NO/c16-15(17,18)12-8-4-5-9-13(12)19-10-14(20)11-6-2-1-3-7-11/h1-3,6-7,12-14,19-20H,4-5,8-10H2. The zero-order chi connectivity index (χ0) is 14.6. The first-order valence-corrected chi connectivity index (χ1v) is 7.01. The molecule has 5 heteroatoms. The van der Waals surface area contributed by atoms with Crippen LogP contribution in [0.4, 0.5) is 13.2 Å². The molecule has 0 radical (unpaired) electrons. The van der Waals surface area contributed by atoms with E-state index >= 15 is 0 Å². The number of hydrogen-bond donors (Lipinski definition) is 2. The van der Waals surface area contributed by atoms with Gasteiger partial charge in [-0.25, -0.2) is 0 Å². The summed E-state index contributed by atoms with van der Waals surface area (Å²) in [4.78, 5) is 0. The smallest absolute Gasteiger partial charge is 0.387 e. The Morgan fingerprint density at radius 1 is 1.15 bits per heavy atom. The largest absolute Gasteiger partial charge is 0.393 e. The lowest BCUT2D eigenvalue weighted by Gasteiger charge is -2.34. The van der Waals surface area contributed by atoms with Crippen LogP contribution in [0.25, 0.3) is 0 Å². The molecule has 1 fully saturated rings. The molecule has 1 aromatic carbocycles. The Bertz CT molecular complexity index is 407. The maximum atomic E-state index is 12.9. The van der Waals surface area contributed by atoms with E-state index in [0.717, 1.165) is 12.0 Å². The Hall–Kier alpha value is -1.07. The van der Waals surface area contributed by atoms with Crippen LogP contribution in [0.5, 0.6) is 0 Å².